The molecule has 2 aromatic carbocycles. The third-order valence-corrected chi connectivity index (χ3v) is 11.1. The van der Waals surface area contributed by atoms with Crippen LogP contribution in [0.5, 0.6) is 0 Å². The molecular formula is C35H34FGeIrN3O-2. The van der Waals surface area contributed by atoms with Crippen molar-refractivity contribution in [2.45, 2.75) is 50.3 Å². The van der Waals surface area contributed by atoms with Crippen molar-refractivity contribution in [2.75, 3.05) is 0 Å². The number of benzene rings is 2. The van der Waals surface area contributed by atoms with Crippen molar-refractivity contribution in [1.29, 1.82) is 0 Å². The molecule has 4 aromatic heterocycles. The van der Waals surface area contributed by atoms with E-state index < -0.39 is 20.1 Å². The van der Waals surface area contributed by atoms with Crippen LogP contribution in [0.15, 0.2) is 83.5 Å². The van der Waals surface area contributed by atoms with Crippen LogP contribution in [0.3, 0.4) is 0 Å². The molecule has 6 aromatic rings. The number of aryl methyl sites for hydroxylation is 1. The topological polar surface area (TPSA) is 51.8 Å². The summed E-state index contributed by atoms with van der Waals surface area (Å²) in [5.41, 5.74) is 4.05. The number of aromatic nitrogens is 3. The summed E-state index contributed by atoms with van der Waals surface area (Å²) in [5.74, 6) is 6.78. The Labute approximate surface area is 267 Å². The van der Waals surface area contributed by atoms with Gasteiger partial charge in [-0.25, -0.2) is 9.37 Å². The molecule has 42 heavy (non-hydrogen) atoms. The molecule has 7 heteroatoms. The zero-order valence-electron chi connectivity index (χ0n) is 27.5. The Morgan fingerprint density at radius 2 is 1.67 bits per heavy atom. The third-order valence-electron chi connectivity index (χ3n) is 6.83. The van der Waals surface area contributed by atoms with Crippen LogP contribution in [0.25, 0.3) is 44.6 Å². The number of furan rings is 1. The molecule has 6 rings (SSSR count). The summed E-state index contributed by atoms with van der Waals surface area (Å²) in [6.07, 6.45) is 3.24. The van der Waals surface area contributed by atoms with Crippen molar-refractivity contribution in [2.24, 2.45) is 0 Å². The van der Waals surface area contributed by atoms with Gasteiger partial charge in [0.2, 0.25) is 5.71 Å². The molecule has 0 aliphatic heterocycles. The fraction of sp³-hybridized carbons (Fsp3) is 0.229. The van der Waals surface area contributed by atoms with Crippen LogP contribution in [0.1, 0.15) is 36.1 Å². The number of halogens is 1. The van der Waals surface area contributed by atoms with Gasteiger partial charge in [0.25, 0.3) is 0 Å². The van der Waals surface area contributed by atoms with E-state index in [1.807, 2.05) is 57.3 Å². The minimum atomic E-state index is -2.32. The number of rotatable bonds is 3. The van der Waals surface area contributed by atoms with Crippen LogP contribution in [-0.2, 0) is 25.5 Å². The molecule has 217 valence electrons. The largest absolute Gasteiger partial charge is 0 e. The molecule has 0 spiro atoms. The van der Waals surface area contributed by atoms with Crippen LogP contribution in [-0.4, -0.2) is 28.2 Å². The minimum absolute atomic E-state index is 0. The molecule has 0 unspecified atom stereocenters. The molecule has 0 aliphatic carbocycles. The normalized spacial score (nSPS) is 13.0. The van der Waals surface area contributed by atoms with Crippen LogP contribution in [0, 0.1) is 24.8 Å². The first-order valence-corrected chi connectivity index (χ1v) is 20.8. The van der Waals surface area contributed by atoms with E-state index in [4.69, 9.17) is 8.53 Å². The average Bonchev–Trinajstić information content (AvgIpc) is 3.35. The monoisotopic (exact) mass is 801 g/mol. The van der Waals surface area contributed by atoms with Gasteiger partial charge in [-0.15, -0.1) is 18.2 Å². The second-order valence-corrected chi connectivity index (χ2v) is 22.7. The number of pyridine rings is 3. The van der Waals surface area contributed by atoms with Crippen molar-refractivity contribution in [3.8, 4) is 22.5 Å². The maximum absolute atomic E-state index is 14.3. The van der Waals surface area contributed by atoms with E-state index in [0.29, 0.717) is 27.8 Å². The van der Waals surface area contributed by atoms with Crippen LogP contribution >= 0.6 is 0 Å². The molecule has 4 heterocycles. The zero-order valence-corrected chi connectivity index (χ0v) is 29.0. The van der Waals surface area contributed by atoms with Gasteiger partial charge in [-0.3, -0.25) is 0 Å². The van der Waals surface area contributed by atoms with Gasteiger partial charge in [0.15, 0.2) is 0 Å². The van der Waals surface area contributed by atoms with Crippen molar-refractivity contribution in [3.63, 3.8) is 0 Å². The van der Waals surface area contributed by atoms with Crippen LogP contribution in [0.2, 0.25) is 17.3 Å². The second kappa shape index (κ2) is 12.6. The predicted octanol–water partition coefficient (Wildman–Crippen LogP) is 8.68. The number of hydrogen-bond donors (Lipinski definition) is 0. The van der Waals surface area contributed by atoms with E-state index in [0.717, 1.165) is 16.6 Å². The SMILES string of the molecule is [2H]C([2H])([2H])c1ccc2c(n1)oc1c(-c3cc(C(C)(C)C)c(F)cn3)[c-]ccc12.[CH3][Ge]([CH3])([CH3])[c]1ccc(-c2[c-]cccc2)nc1.[Ir]. The Bertz CT molecular complexity index is 1930. The fourth-order valence-corrected chi connectivity index (χ4v) is 6.68. The van der Waals surface area contributed by atoms with Crippen LogP contribution < -0.4 is 4.40 Å². The maximum atomic E-state index is 14.3. The fourth-order valence-electron chi connectivity index (χ4n) is 4.51. The van der Waals surface area contributed by atoms with Crippen molar-refractivity contribution in [1.82, 2.24) is 15.0 Å². The number of hydrogen-bond acceptors (Lipinski definition) is 4. The summed E-state index contributed by atoms with van der Waals surface area (Å²) in [6, 6.07) is 27.0. The first kappa shape index (κ1) is 27.6. The first-order valence-electron chi connectivity index (χ1n) is 15.0. The number of fused-ring (bicyclic) bond motifs is 3. The van der Waals surface area contributed by atoms with Crippen molar-refractivity contribution >= 4 is 39.7 Å². The molecule has 0 saturated heterocycles. The van der Waals surface area contributed by atoms with E-state index in [-0.39, 0.29) is 42.7 Å². The average molecular weight is 800 g/mol. The number of nitrogens with zero attached hydrogens (tertiary/aromatic N) is 3. The first-order chi connectivity index (χ1) is 20.6. The van der Waals surface area contributed by atoms with Gasteiger partial charge in [0.05, 0.1) is 11.8 Å². The van der Waals surface area contributed by atoms with E-state index >= 15 is 0 Å². The smallest absolute Gasteiger partial charge is 0 e. The van der Waals surface area contributed by atoms with Gasteiger partial charge in [-0.2, -0.15) is 0 Å². The molecule has 0 amide bonds. The minimum Gasteiger partial charge on any atom is 0 e. The Morgan fingerprint density at radius 3 is 2.31 bits per heavy atom. The molecule has 0 fully saturated rings. The summed E-state index contributed by atoms with van der Waals surface area (Å²) in [4.78, 5) is 12.9. The molecule has 0 saturated carbocycles. The standard InChI is InChI=1S/C21H18FN2O.C14H16GeN.Ir/c1-12-8-9-14-13-6-5-7-15(19(13)25-20(14)24-12)18-10-16(21(2,3)4)17(22)11-23-18;1-15(2,3)13-9-10-14(16-11-13)12-7-5-4-6-8-12;/h5-6,8-11H,1-4H3;4-7,9-11H,1-3H3;/q2*-1;/i1D3;;. The predicted molar refractivity (Wildman–Crippen MR) is 168 cm³/mol. The Balaban J connectivity index is 0.000000231. The van der Waals surface area contributed by atoms with E-state index in [1.165, 1.54) is 16.7 Å². The Kier molecular flexibility index (Phi) is 8.28. The third kappa shape index (κ3) is 6.88. The van der Waals surface area contributed by atoms with Gasteiger partial charge in [-0.1, -0.05) is 37.8 Å². The molecule has 0 aliphatic rings. The summed E-state index contributed by atoms with van der Waals surface area (Å²) < 4.78 is 44.2. The Hall–Kier alpha value is -3.19. The van der Waals surface area contributed by atoms with Gasteiger partial charge in [0.1, 0.15) is 5.82 Å². The van der Waals surface area contributed by atoms with E-state index in [2.05, 4.69) is 56.5 Å². The van der Waals surface area contributed by atoms with Crippen molar-refractivity contribution < 1.29 is 33.0 Å². The van der Waals surface area contributed by atoms with Gasteiger partial charge in [-0.05, 0) is 35.7 Å². The quantitative estimate of drug-likeness (QED) is 0.133. The molecule has 0 bridgehead atoms. The summed E-state index contributed by atoms with van der Waals surface area (Å²) in [5, 5.41) is 1.48. The van der Waals surface area contributed by atoms with E-state index in [1.54, 1.807) is 18.2 Å². The molecule has 0 N–H and O–H groups in total. The summed E-state index contributed by atoms with van der Waals surface area (Å²) in [6.45, 7) is 3.48. The molecular weight excluding hydrogens is 762 g/mol. The summed E-state index contributed by atoms with van der Waals surface area (Å²) in [7, 11) is 0. The molecule has 0 atom stereocenters. The van der Waals surface area contributed by atoms with Crippen molar-refractivity contribution in [3.05, 3.63) is 108 Å². The second-order valence-electron chi connectivity index (χ2n) is 12.0. The van der Waals surface area contributed by atoms with Gasteiger partial charge < -0.3 is 9.40 Å². The molecule has 1 radical (unpaired) electrons. The van der Waals surface area contributed by atoms with Gasteiger partial charge >= 0.3 is 99.8 Å². The summed E-state index contributed by atoms with van der Waals surface area (Å²) >= 11 is -1.72. The van der Waals surface area contributed by atoms with E-state index in [9.17, 15) is 4.39 Å². The Morgan fingerprint density at radius 1 is 0.881 bits per heavy atom. The zero-order chi connectivity index (χ0) is 31.9. The van der Waals surface area contributed by atoms with Crippen LogP contribution in [0.4, 0.5) is 4.39 Å². The molecule has 4 nitrogen and oxygen atoms in total. The maximum Gasteiger partial charge on any atom is 0 e. The van der Waals surface area contributed by atoms with Gasteiger partial charge in [0, 0.05) is 35.3 Å².